The Morgan fingerprint density at radius 2 is 1.54 bits per heavy atom. The molecule has 0 aliphatic rings. The van der Waals surface area contributed by atoms with Crippen LogP contribution in [0.2, 0.25) is 0 Å². The smallest absolute Gasteiger partial charge is 0.359 e. The number of amides is 1. The Bertz CT molecular complexity index is 198. The molecule has 1 amide bonds. The third-order valence-electron chi connectivity index (χ3n) is 1.03. The quantitative estimate of drug-likeness (QED) is 0.473. The molecule has 0 saturated heterocycles. The Morgan fingerprint density at radius 3 is 1.77 bits per heavy atom. The zero-order valence-corrected chi connectivity index (χ0v) is 8.04. The van der Waals surface area contributed by atoms with Crippen molar-refractivity contribution in [3.05, 3.63) is 0 Å². The van der Waals surface area contributed by atoms with E-state index in [1.807, 2.05) is 0 Å². The lowest BCUT2D eigenvalue weighted by Gasteiger charge is -2.13. The minimum atomic E-state index is -3.85. The molecular weight excluding hydrogens is 197 g/mol. The van der Waals surface area contributed by atoms with E-state index in [1.165, 1.54) is 0 Å². The van der Waals surface area contributed by atoms with E-state index in [2.05, 4.69) is 9.05 Å². The molecule has 0 aliphatic heterocycles. The fourth-order valence-corrected chi connectivity index (χ4v) is 1.53. The highest BCUT2D eigenvalue weighted by atomic mass is 31.2. The molecule has 0 aromatic heterocycles. The molecule has 0 aromatic rings. The highest BCUT2D eigenvalue weighted by Crippen LogP contribution is 2.47. The van der Waals surface area contributed by atoms with Gasteiger partial charge in [-0.15, -0.1) is 0 Å². The predicted octanol–water partition coefficient (Wildman–Crippen LogP) is -0.791. The van der Waals surface area contributed by atoms with Crippen LogP contribution in [0.4, 0.5) is 4.79 Å². The Balaban J connectivity index is 4.18. The molecular formula is C5H14N3O4P. The average molecular weight is 211 g/mol. The number of rotatable bonds is 7. The number of carbonyl (C=O) groups excluding carboxylic acids is 1. The molecule has 0 bridgehead atoms. The van der Waals surface area contributed by atoms with Gasteiger partial charge < -0.3 is 26.2 Å². The largest absolute Gasteiger partial charge is 0.418 e. The molecule has 0 fully saturated rings. The van der Waals surface area contributed by atoms with Gasteiger partial charge in [0.2, 0.25) is 0 Å². The van der Waals surface area contributed by atoms with Crippen LogP contribution < -0.4 is 17.2 Å². The zero-order valence-electron chi connectivity index (χ0n) is 7.14. The average Bonchev–Trinajstić information content (AvgIpc) is 2.11. The second-order valence-electron chi connectivity index (χ2n) is 2.08. The van der Waals surface area contributed by atoms with E-state index in [4.69, 9.17) is 17.2 Å². The number of primary amides is 1. The molecule has 0 atom stereocenters. The fraction of sp³-hybridized carbons (Fsp3) is 0.800. The van der Waals surface area contributed by atoms with Crippen LogP contribution >= 0.6 is 7.60 Å². The predicted molar refractivity (Wildman–Crippen MR) is 47.2 cm³/mol. The molecule has 0 heterocycles. The third kappa shape index (κ3) is 4.35. The van der Waals surface area contributed by atoms with Crippen LogP contribution in [0.25, 0.3) is 0 Å². The molecule has 8 heteroatoms. The standard InChI is InChI=1S/C5H14N3O4P/c6-1-3-11-13(10,5(8)9)12-4-2-7/h1-4,6-7H2,(H2,8,9). The molecule has 7 nitrogen and oxygen atoms in total. The molecule has 78 valence electrons. The monoisotopic (exact) mass is 211 g/mol. The zero-order chi connectivity index (χ0) is 10.3. The van der Waals surface area contributed by atoms with E-state index >= 15 is 0 Å². The van der Waals surface area contributed by atoms with Crippen molar-refractivity contribution >= 4 is 13.2 Å². The van der Waals surface area contributed by atoms with Crippen molar-refractivity contribution in [2.45, 2.75) is 0 Å². The van der Waals surface area contributed by atoms with Crippen LogP contribution in [0.5, 0.6) is 0 Å². The van der Waals surface area contributed by atoms with Gasteiger partial charge in [0, 0.05) is 13.1 Å². The molecule has 13 heavy (non-hydrogen) atoms. The molecule has 6 N–H and O–H groups in total. The summed E-state index contributed by atoms with van der Waals surface area (Å²) in [5.74, 6) is 0. The second kappa shape index (κ2) is 6.06. The van der Waals surface area contributed by atoms with Crippen molar-refractivity contribution in [3.8, 4) is 0 Å². The summed E-state index contributed by atoms with van der Waals surface area (Å²) in [6.45, 7) is 0.155. The first-order valence-corrected chi connectivity index (χ1v) is 5.20. The van der Waals surface area contributed by atoms with Gasteiger partial charge in [-0.2, -0.15) is 0 Å². The van der Waals surface area contributed by atoms with Gasteiger partial charge in [0.15, 0.2) is 0 Å². The van der Waals surface area contributed by atoms with Crippen molar-refractivity contribution in [2.75, 3.05) is 26.3 Å². The first kappa shape index (κ1) is 12.5. The lowest BCUT2D eigenvalue weighted by Crippen LogP contribution is -2.19. The topological polar surface area (TPSA) is 131 Å². The van der Waals surface area contributed by atoms with Gasteiger partial charge in [0.1, 0.15) is 0 Å². The van der Waals surface area contributed by atoms with E-state index in [-0.39, 0.29) is 26.3 Å². The van der Waals surface area contributed by atoms with Crippen LogP contribution in [0, 0.1) is 0 Å². The maximum Gasteiger partial charge on any atom is 0.418 e. The highest BCUT2D eigenvalue weighted by molar-refractivity contribution is 7.71. The number of carbonyl (C=O) groups is 1. The molecule has 0 aromatic carbocycles. The van der Waals surface area contributed by atoms with Gasteiger partial charge in [-0.25, -0.2) is 4.57 Å². The normalized spacial score (nSPS) is 11.5. The Morgan fingerprint density at radius 1 is 1.15 bits per heavy atom. The maximum atomic E-state index is 11.4. The van der Waals surface area contributed by atoms with Crippen LogP contribution in [-0.4, -0.2) is 32.0 Å². The molecule has 0 aliphatic carbocycles. The van der Waals surface area contributed by atoms with Crippen molar-refractivity contribution in [1.29, 1.82) is 0 Å². The summed E-state index contributed by atoms with van der Waals surface area (Å²) in [6, 6.07) is 0. The summed E-state index contributed by atoms with van der Waals surface area (Å²) in [5, 5.41) is 0. The lowest BCUT2D eigenvalue weighted by molar-refractivity contribution is 0.205. The van der Waals surface area contributed by atoms with Gasteiger partial charge in [-0.1, -0.05) is 0 Å². The van der Waals surface area contributed by atoms with Crippen LogP contribution in [-0.2, 0) is 13.6 Å². The van der Waals surface area contributed by atoms with Crippen molar-refractivity contribution in [1.82, 2.24) is 0 Å². The number of hydrogen-bond donors (Lipinski definition) is 3. The van der Waals surface area contributed by atoms with Crippen molar-refractivity contribution in [2.24, 2.45) is 17.2 Å². The van der Waals surface area contributed by atoms with E-state index in [0.717, 1.165) is 0 Å². The first-order valence-electron chi connectivity index (χ1n) is 3.66. The Hall–Kier alpha value is -0.460. The highest BCUT2D eigenvalue weighted by Gasteiger charge is 2.31. The molecule has 0 radical (unpaired) electrons. The first-order chi connectivity index (χ1) is 6.06. The lowest BCUT2D eigenvalue weighted by atomic mass is 10.8. The maximum absolute atomic E-state index is 11.4. The van der Waals surface area contributed by atoms with E-state index in [0.29, 0.717) is 0 Å². The molecule has 0 unspecified atom stereocenters. The summed E-state index contributed by atoms with van der Waals surface area (Å²) in [4.78, 5) is 10.7. The minimum absolute atomic E-state index is 0.0508. The van der Waals surface area contributed by atoms with Gasteiger partial charge in [-0.3, -0.25) is 4.79 Å². The van der Waals surface area contributed by atoms with Gasteiger partial charge in [-0.05, 0) is 0 Å². The summed E-state index contributed by atoms with van der Waals surface area (Å²) >= 11 is 0. The van der Waals surface area contributed by atoms with Gasteiger partial charge in [0.25, 0.3) is 0 Å². The number of hydrogen-bond acceptors (Lipinski definition) is 6. The van der Waals surface area contributed by atoms with E-state index < -0.39 is 13.2 Å². The molecule has 0 spiro atoms. The third-order valence-corrected chi connectivity index (χ3v) is 2.61. The van der Waals surface area contributed by atoms with Crippen molar-refractivity contribution in [3.63, 3.8) is 0 Å². The van der Waals surface area contributed by atoms with E-state index in [1.54, 1.807) is 0 Å². The fourth-order valence-electron chi connectivity index (χ4n) is 0.510. The van der Waals surface area contributed by atoms with Gasteiger partial charge >= 0.3 is 13.2 Å². The molecule has 0 rings (SSSR count). The van der Waals surface area contributed by atoms with Crippen LogP contribution in [0.3, 0.4) is 0 Å². The van der Waals surface area contributed by atoms with Crippen LogP contribution in [0.1, 0.15) is 0 Å². The van der Waals surface area contributed by atoms with Crippen LogP contribution in [0.15, 0.2) is 0 Å². The van der Waals surface area contributed by atoms with E-state index in [9.17, 15) is 9.36 Å². The second-order valence-corrected chi connectivity index (χ2v) is 4.03. The Kier molecular flexibility index (Phi) is 5.85. The summed E-state index contributed by atoms with van der Waals surface area (Å²) in [6.07, 6.45) is 0. The summed E-state index contributed by atoms with van der Waals surface area (Å²) in [5.41, 5.74) is 13.9. The number of nitrogens with two attached hydrogens (primary N) is 3. The summed E-state index contributed by atoms with van der Waals surface area (Å²) < 4.78 is 20.6. The van der Waals surface area contributed by atoms with Gasteiger partial charge in [0.05, 0.1) is 13.2 Å². The Labute approximate surface area is 76.1 Å². The van der Waals surface area contributed by atoms with Crippen molar-refractivity contribution < 1.29 is 18.4 Å². The molecule has 0 saturated carbocycles. The summed E-state index contributed by atoms with van der Waals surface area (Å²) in [7, 11) is -3.85. The minimum Gasteiger partial charge on any atom is -0.359 e. The SMILES string of the molecule is NCCOP(=O)(OCCN)C(N)=O.